The molecule has 3 aromatic rings. The maximum atomic E-state index is 12.4. The molecule has 3 rings (SSSR count). The van der Waals surface area contributed by atoms with Crippen molar-refractivity contribution in [3.63, 3.8) is 0 Å². The van der Waals surface area contributed by atoms with Crippen molar-refractivity contribution in [1.82, 2.24) is 0 Å². The first-order valence-corrected chi connectivity index (χ1v) is 9.79. The van der Waals surface area contributed by atoms with Crippen LogP contribution < -0.4 is 8.92 Å². The Hall–Kier alpha value is -3.12. The van der Waals surface area contributed by atoms with Crippen molar-refractivity contribution in [3.8, 4) is 11.5 Å². The van der Waals surface area contributed by atoms with E-state index < -0.39 is 10.1 Å². The molecule has 27 heavy (non-hydrogen) atoms. The molecule has 0 aliphatic rings. The van der Waals surface area contributed by atoms with Gasteiger partial charge in [0.2, 0.25) is 0 Å². The van der Waals surface area contributed by atoms with Crippen LogP contribution in [0.3, 0.4) is 0 Å². The maximum absolute atomic E-state index is 12.4. The van der Waals surface area contributed by atoms with E-state index in [0.29, 0.717) is 22.4 Å². The van der Waals surface area contributed by atoms with Crippen LogP contribution in [-0.2, 0) is 15.9 Å². The maximum Gasteiger partial charge on any atom is 0.313 e. The molecule has 0 spiro atoms. The second-order valence-corrected chi connectivity index (χ2v) is 7.43. The number of hydrogen-bond donors (Lipinski definition) is 0. The van der Waals surface area contributed by atoms with Gasteiger partial charge >= 0.3 is 10.1 Å². The van der Waals surface area contributed by atoms with Crippen molar-refractivity contribution < 1.29 is 22.1 Å². The SMILES string of the molecule is COc1cccc(CS(=O)(=O)Oc2ccc(C(=O)c3ccccc3)cc2)c1. The first-order valence-electron chi connectivity index (χ1n) is 8.22. The monoisotopic (exact) mass is 382 g/mol. The molecule has 0 aliphatic carbocycles. The van der Waals surface area contributed by atoms with Gasteiger partial charge in [-0.25, -0.2) is 0 Å². The number of carbonyl (C=O) groups excluding carboxylic acids is 1. The van der Waals surface area contributed by atoms with Crippen molar-refractivity contribution in [2.45, 2.75) is 5.75 Å². The summed E-state index contributed by atoms with van der Waals surface area (Å²) in [6, 6.07) is 21.7. The van der Waals surface area contributed by atoms with E-state index in [4.69, 9.17) is 8.92 Å². The molecule has 138 valence electrons. The van der Waals surface area contributed by atoms with Crippen LogP contribution in [0.15, 0.2) is 78.9 Å². The minimum Gasteiger partial charge on any atom is -0.497 e. The van der Waals surface area contributed by atoms with Gasteiger partial charge in [0.15, 0.2) is 5.78 Å². The molecule has 0 radical (unpaired) electrons. The number of carbonyl (C=O) groups is 1. The van der Waals surface area contributed by atoms with E-state index in [1.54, 1.807) is 60.7 Å². The van der Waals surface area contributed by atoms with Crippen LogP contribution in [0.2, 0.25) is 0 Å². The van der Waals surface area contributed by atoms with Crippen LogP contribution in [0.25, 0.3) is 0 Å². The molecule has 5 nitrogen and oxygen atoms in total. The highest BCUT2D eigenvalue weighted by atomic mass is 32.2. The van der Waals surface area contributed by atoms with Gasteiger partial charge in [0.25, 0.3) is 0 Å². The number of ether oxygens (including phenoxy) is 1. The summed E-state index contributed by atoms with van der Waals surface area (Å²) < 4.78 is 34.8. The zero-order valence-corrected chi connectivity index (χ0v) is 15.5. The molecule has 6 heteroatoms. The Morgan fingerprint density at radius 1 is 0.815 bits per heavy atom. The van der Waals surface area contributed by atoms with Gasteiger partial charge in [-0.2, -0.15) is 8.42 Å². The van der Waals surface area contributed by atoms with Gasteiger partial charge in [0.05, 0.1) is 7.11 Å². The number of rotatable bonds is 7. The molecular weight excluding hydrogens is 364 g/mol. The van der Waals surface area contributed by atoms with Crippen molar-refractivity contribution in [2.75, 3.05) is 7.11 Å². The fourth-order valence-corrected chi connectivity index (χ4v) is 3.61. The van der Waals surface area contributed by atoms with Crippen LogP contribution in [0.5, 0.6) is 11.5 Å². The summed E-state index contributed by atoms with van der Waals surface area (Å²) in [5.41, 5.74) is 1.58. The Balaban J connectivity index is 1.71. The van der Waals surface area contributed by atoms with Crippen molar-refractivity contribution >= 4 is 15.9 Å². The van der Waals surface area contributed by atoms with Crippen LogP contribution in [0, 0.1) is 0 Å². The molecule has 0 N–H and O–H groups in total. The average molecular weight is 382 g/mol. The highest BCUT2D eigenvalue weighted by Crippen LogP contribution is 2.20. The zero-order chi connectivity index (χ0) is 19.3. The minimum absolute atomic E-state index is 0.138. The van der Waals surface area contributed by atoms with Gasteiger partial charge in [-0.3, -0.25) is 4.79 Å². The summed E-state index contributed by atoms with van der Waals surface area (Å²) in [5.74, 6) is 0.310. The standard InChI is InChI=1S/C21H18O5S/c1-25-20-9-5-6-16(14-20)15-27(23,24)26-19-12-10-18(11-13-19)21(22)17-7-3-2-4-8-17/h2-14H,15H2,1H3. The highest BCUT2D eigenvalue weighted by Gasteiger charge is 2.15. The molecule has 0 unspecified atom stereocenters. The second kappa shape index (κ2) is 8.05. The van der Waals surface area contributed by atoms with Crippen LogP contribution in [-0.4, -0.2) is 21.3 Å². The van der Waals surface area contributed by atoms with Gasteiger partial charge in [0.1, 0.15) is 17.3 Å². The van der Waals surface area contributed by atoms with Crippen LogP contribution in [0.4, 0.5) is 0 Å². The summed E-state index contributed by atoms with van der Waals surface area (Å²) in [6.07, 6.45) is 0. The second-order valence-electron chi connectivity index (χ2n) is 5.86. The molecule has 0 atom stereocenters. The third-order valence-electron chi connectivity index (χ3n) is 3.85. The lowest BCUT2D eigenvalue weighted by atomic mass is 10.0. The van der Waals surface area contributed by atoms with Crippen LogP contribution >= 0.6 is 0 Å². The smallest absolute Gasteiger partial charge is 0.313 e. The Bertz CT molecular complexity index is 1030. The Morgan fingerprint density at radius 3 is 2.15 bits per heavy atom. The lowest BCUT2D eigenvalue weighted by molar-refractivity contribution is 0.103. The number of hydrogen-bond acceptors (Lipinski definition) is 5. The third kappa shape index (κ3) is 4.95. The van der Waals surface area contributed by atoms with E-state index in [-0.39, 0.29) is 17.3 Å². The topological polar surface area (TPSA) is 69.7 Å². The van der Waals surface area contributed by atoms with E-state index in [1.165, 1.54) is 19.2 Å². The fraction of sp³-hybridized carbons (Fsp3) is 0.0952. The predicted octanol–water partition coefficient (Wildman–Crippen LogP) is 3.84. The minimum atomic E-state index is -3.84. The lowest BCUT2D eigenvalue weighted by Crippen LogP contribution is -2.12. The van der Waals surface area contributed by atoms with Gasteiger partial charge in [-0.15, -0.1) is 0 Å². The third-order valence-corrected chi connectivity index (χ3v) is 4.99. The summed E-state index contributed by atoms with van der Waals surface area (Å²) >= 11 is 0. The van der Waals surface area contributed by atoms with Crippen molar-refractivity contribution in [3.05, 3.63) is 95.6 Å². The fourth-order valence-electron chi connectivity index (χ4n) is 2.56. The highest BCUT2D eigenvalue weighted by molar-refractivity contribution is 7.86. The molecule has 0 saturated heterocycles. The van der Waals surface area contributed by atoms with Gasteiger partial charge in [0, 0.05) is 11.1 Å². The lowest BCUT2D eigenvalue weighted by Gasteiger charge is -2.09. The normalized spacial score (nSPS) is 11.0. The number of methoxy groups -OCH3 is 1. The van der Waals surface area contributed by atoms with Crippen molar-refractivity contribution in [1.29, 1.82) is 0 Å². The van der Waals surface area contributed by atoms with E-state index in [0.717, 1.165) is 0 Å². The largest absolute Gasteiger partial charge is 0.497 e. The molecule has 0 aromatic heterocycles. The molecule has 0 saturated carbocycles. The molecular formula is C21H18O5S. The van der Waals surface area contributed by atoms with Gasteiger partial charge < -0.3 is 8.92 Å². The zero-order valence-electron chi connectivity index (χ0n) is 14.7. The Labute approximate surface area is 158 Å². The summed E-state index contributed by atoms with van der Waals surface area (Å²) in [5, 5.41) is 0. The molecule has 3 aromatic carbocycles. The predicted molar refractivity (Wildman–Crippen MR) is 103 cm³/mol. The number of ketones is 1. The quantitative estimate of drug-likeness (QED) is 0.459. The van der Waals surface area contributed by atoms with E-state index in [9.17, 15) is 13.2 Å². The van der Waals surface area contributed by atoms with Gasteiger partial charge in [-0.1, -0.05) is 42.5 Å². The molecule has 0 heterocycles. The number of benzene rings is 3. The molecule has 0 fully saturated rings. The Kier molecular flexibility index (Phi) is 5.57. The summed E-state index contributed by atoms with van der Waals surface area (Å²) in [6.45, 7) is 0. The first kappa shape index (κ1) is 18.7. The molecule has 0 bridgehead atoms. The van der Waals surface area contributed by atoms with Crippen LogP contribution in [0.1, 0.15) is 21.5 Å². The Morgan fingerprint density at radius 2 is 1.48 bits per heavy atom. The first-order chi connectivity index (χ1) is 13.0. The van der Waals surface area contributed by atoms with E-state index in [1.807, 2.05) is 6.07 Å². The summed E-state index contributed by atoms with van der Waals surface area (Å²) in [4.78, 5) is 12.4. The van der Waals surface area contributed by atoms with Gasteiger partial charge in [-0.05, 0) is 42.0 Å². The van der Waals surface area contributed by atoms with E-state index >= 15 is 0 Å². The molecule has 0 amide bonds. The average Bonchev–Trinajstić information content (AvgIpc) is 2.68. The molecule has 0 aliphatic heterocycles. The summed E-state index contributed by atoms with van der Waals surface area (Å²) in [7, 11) is -2.32. The van der Waals surface area contributed by atoms with E-state index in [2.05, 4.69) is 0 Å². The van der Waals surface area contributed by atoms with Crippen molar-refractivity contribution in [2.24, 2.45) is 0 Å².